The molecular weight excluding hydrogens is 602 g/mol. The first-order valence-corrected chi connectivity index (χ1v) is 14.8. The number of rotatable bonds is 6. The molecule has 0 radical (unpaired) electrons. The first-order valence-electron chi connectivity index (χ1n) is 13.4. The molecular formula is C33H28F6N2S2. The van der Waals surface area contributed by atoms with Crippen LogP contribution in [-0.4, -0.2) is 16.6 Å². The Morgan fingerprint density at radius 2 is 1.47 bits per heavy atom. The van der Waals surface area contributed by atoms with Gasteiger partial charge in [-0.2, -0.15) is 37.7 Å². The van der Waals surface area contributed by atoms with Gasteiger partial charge in [-0.15, -0.1) is 0 Å². The van der Waals surface area contributed by atoms with E-state index in [-0.39, 0.29) is 16.9 Å². The predicted octanol–water partition coefficient (Wildman–Crippen LogP) is 10.1. The zero-order valence-corrected chi connectivity index (χ0v) is 24.7. The number of alkyl halides is 6. The smallest absolute Gasteiger partial charge is 0.339 e. The van der Waals surface area contributed by atoms with Crippen molar-refractivity contribution in [1.29, 1.82) is 0 Å². The van der Waals surface area contributed by atoms with Crippen LogP contribution in [0.15, 0.2) is 102 Å². The quantitative estimate of drug-likeness (QED) is 0.169. The molecule has 2 nitrogen and oxygen atoms in total. The summed E-state index contributed by atoms with van der Waals surface area (Å²) in [7, 11) is 0. The number of hydrogen-bond acceptors (Lipinski definition) is 2. The second kappa shape index (κ2) is 11.5. The van der Waals surface area contributed by atoms with Crippen molar-refractivity contribution in [3.63, 3.8) is 0 Å². The van der Waals surface area contributed by atoms with Crippen LogP contribution in [0.5, 0.6) is 0 Å². The van der Waals surface area contributed by atoms with Crippen molar-refractivity contribution in [2.45, 2.75) is 43.1 Å². The summed E-state index contributed by atoms with van der Waals surface area (Å²) in [5, 5.41) is 6.83. The molecule has 1 aromatic heterocycles. The molecule has 1 fully saturated rings. The summed E-state index contributed by atoms with van der Waals surface area (Å²) in [6.45, 7) is 6.75. The highest BCUT2D eigenvalue weighted by Gasteiger charge is 2.53. The average molecular weight is 631 g/mol. The maximum absolute atomic E-state index is 13.6. The van der Waals surface area contributed by atoms with Crippen LogP contribution in [0.4, 0.5) is 32.0 Å². The van der Waals surface area contributed by atoms with E-state index in [0.717, 1.165) is 22.3 Å². The highest BCUT2D eigenvalue weighted by molar-refractivity contribution is 7.80. The summed E-state index contributed by atoms with van der Waals surface area (Å²) < 4.78 is 81.6. The third-order valence-corrected chi connectivity index (χ3v) is 9.09. The van der Waals surface area contributed by atoms with Crippen LogP contribution in [-0.2, 0) is 23.3 Å². The van der Waals surface area contributed by atoms with E-state index in [1.807, 2.05) is 77.9 Å². The van der Waals surface area contributed by atoms with Gasteiger partial charge in [-0.3, -0.25) is 0 Å². The minimum Gasteiger partial charge on any atom is -0.339 e. The van der Waals surface area contributed by atoms with E-state index in [1.54, 1.807) is 11.3 Å². The third-order valence-electron chi connectivity index (χ3n) is 8.09. The lowest BCUT2D eigenvalue weighted by atomic mass is 9.71. The van der Waals surface area contributed by atoms with Crippen LogP contribution in [0.2, 0.25) is 0 Å². The van der Waals surface area contributed by atoms with E-state index < -0.39 is 34.4 Å². The van der Waals surface area contributed by atoms with E-state index in [2.05, 4.69) is 23.3 Å². The van der Waals surface area contributed by atoms with E-state index in [1.165, 1.54) is 0 Å². The Balaban J connectivity index is 1.57. The standard InChI is InChI=1S/C33H28F6N2S2/c1-22(23-9-5-3-6-10-23)18-31(25-13-14-43-19-25)20-30(2,24-11-7-4-8-12-24)41(21-31)29(42)40-28-16-26(32(34,35)36)15-27(17-28)33(37,38)39/h3-17,19H,1,18,20-21H2,2H3,(H,40,42)/t30-,31+/m0/s1. The molecule has 0 aliphatic carbocycles. The second-order valence-electron chi connectivity index (χ2n) is 11.1. The Kier molecular flexibility index (Phi) is 8.22. The number of thiocarbonyl (C=S) groups is 1. The van der Waals surface area contributed by atoms with E-state index >= 15 is 0 Å². The number of halogens is 6. The first-order chi connectivity index (χ1) is 20.2. The van der Waals surface area contributed by atoms with Gasteiger partial charge in [0.2, 0.25) is 0 Å². The molecule has 0 spiro atoms. The highest BCUT2D eigenvalue weighted by atomic mass is 32.1. The molecule has 0 saturated carbocycles. The predicted molar refractivity (Wildman–Crippen MR) is 164 cm³/mol. The zero-order chi connectivity index (χ0) is 31.0. The molecule has 3 aromatic carbocycles. The van der Waals surface area contributed by atoms with Gasteiger partial charge >= 0.3 is 12.4 Å². The summed E-state index contributed by atoms with van der Waals surface area (Å²) in [6, 6.07) is 22.8. The van der Waals surface area contributed by atoms with E-state index in [9.17, 15) is 26.3 Å². The van der Waals surface area contributed by atoms with Gasteiger partial charge in [0.05, 0.1) is 16.7 Å². The van der Waals surface area contributed by atoms with Crippen LogP contribution in [0.3, 0.4) is 0 Å². The summed E-state index contributed by atoms with van der Waals surface area (Å²) in [5.41, 5.74) is -0.575. The van der Waals surface area contributed by atoms with Gasteiger partial charge in [0.25, 0.3) is 0 Å². The van der Waals surface area contributed by atoms with Crippen molar-refractivity contribution in [2.24, 2.45) is 0 Å². The van der Waals surface area contributed by atoms with Crippen molar-refractivity contribution in [3.05, 3.63) is 130 Å². The fourth-order valence-corrected chi connectivity index (χ4v) is 7.18. The van der Waals surface area contributed by atoms with Gasteiger partial charge in [0.1, 0.15) is 0 Å². The fraction of sp³-hybridized carbons (Fsp3) is 0.242. The number of likely N-dealkylation sites (tertiary alicyclic amines) is 1. The Labute approximate surface area is 255 Å². The summed E-state index contributed by atoms with van der Waals surface area (Å²) in [6.07, 6.45) is -8.81. The molecule has 1 aliphatic rings. The summed E-state index contributed by atoms with van der Waals surface area (Å²) in [4.78, 5) is 1.89. The number of nitrogens with one attached hydrogen (secondary N) is 1. The maximum atomic E-state index is 13.6. The minimum atomic E-state index is -4.97. The van der Waals surface area contributed by atoms with Crippen molar-refractivity contribution in [3.8, 4) is 0 Å². The molecule has 0 bridgehead atoms. The monoisotopic (exact) mass is 630 g/mol. The van der Waals surface area contributed by atoms with Gasteiger partial charge in [-0.1, -0.05) is 67.2 Å². The van der Waals surface area contributed by atoms with Crippen molar-refractivity contribution in [2.75, 3.05) is 11.9 Å². The molecule has 1 aliphatic heterocycles. The Morgan fingerprint density at radius 1 is 0.884 bits per heavy atom. The molecule has 4 aromatic rings. The van der Waals surface area contributed by atoms with E-state index in [0.29, 0.717) is 31.5 Å². The van der Waals surface area contributed by atoms with Crippen LogP contribution in [0.25, 0.3) is 5.57 Å². The zero-order valence-electron chi connectivity index (χ0n) is 23.1. The van der Waals surface area contributed by atoms with Crippen molar-refractivity contribution in [1.82, 2.24) is 4.90 Å². The van der Waals surface area contributed by atoms with Crippen molar-refractivity contribution >= 4 is 39.9 Å². The Hall–Kier alpha value is -3.63. The Bertz CT molecular complexity index is 1570. The van der Waals surface area contributed by atoms with Gasteiger partial charge in [-0.05, 0) is 89.3 Å². The van der Waals surface area contributed by atoms with Gasteiger partial charge in [-0.25, -0.2) is 0 Å². The number of benzene rings is 3. The molecule has 10 heteroatoms. The lowest BCUT2D eigenvalue weighted by Crippen LogP contribution is -2.45. The molecule has 1 saturated heterocycles. The van der Waals surface area contributed by atoms with Crippen LogP contribution >= 0.6 is 23.6 Å². The molecule has 5 rings (SSSR count). The molecule has 224 valence electrons. The maximum Gasteiger partial charge on any atom is 0.416 e. The molecule has 1 N–H and O–H groups in total. The van der Waals surface area contributed by atoms with Gasteiger partial charge in [0, 0.05) is 17.6 Å². The molecule has 2 heterocycles. The molecule has 2 atom stereocenters. The van der Waals surface area contributed by atoms with Crippen molar-refractivity contribution < 1.29 is 26.3 Å². The number of nitrogens with zero attached hydrogens (tertiary/aromatic N) is 1. The number of hydrogen-bond donors (Lipinski definition) is 1. The number of thiophene rings is 1. The molecule has 0 amide bonds. The van der Waals surface area contributed by atoms with Gasteiger partial charge < -0.3 is 10.2 Å². The fourth-order valence-electron chi connectivity index (χ4n) is 6.02. The summed E-state index contributed by atoms with van der Waals surface area (Å²) >= 11 is 7.34. The SMILES string of the molecule is C=C(C[C@]1(c2ccsc2)CN(C(=S)Nc2cc(C(F)(F)F)cc(C(F)(F)F)c2)[C@](C)(c2ccccc2)C1)c1ccccc1. The molecule has 0 unspecified atom stereocenters. The second-order valence-corrected chi connectivity index (χ2v) is 12.2. The normalized spacial score (nSPS) is 20.7. The lowest BCUT2D eigenvalue weighted by Gasteiger charge is -2.37. The van der Waals surface area contributed by atoms with E-state index in [4.69, 9.17) is 12.2 Å². The Morgan fingerprint density at radius 3 is 2.00 bits per heavy atom. The topological polar surface area (TPSA) is 15.3 Å². The summed E-state index contributed by atoms with van der Waals surface area (Å²) in [5.74, 6) is 0. The molecule has 43 heavy (non-hydrogen) atoms. The number of allylic oxidation sites excluding steroid dienone is 1. The van der Waals surface area contributed by atoms with Crippen LogP contribution < -0.4 is 5.32 Å². The van der Waals surface area contributed by atoms with Crippen LogP contribution in [0.1, 0.15) is 47.6 Å². The van der Waals surface area contributed by atoms with Gasteiger partial charge in [0.15, 0.2) is 5.11 Å². The number of anilines is 1. The largest absolute Gasteiger partial charge is 0.416 e. The third kappa shape index (κ3) is 6.35. The lowest BCUT2D eigenvalue weighted by molar-refractivity contribution is -0.143. The highest BCUT2D eigenvalue weighted by Crippen LogP contribution is 2.53. The van der Waals surface area contributed by atoms with Crippen LogP contribution in [0, 0.1) is 0 Å². The average Bonchev–Trinajstić information content (AvgIpc) is 3.61. The first kappa shape index (κ1) is 30.8. The minimum absolute atomic E-state index is 0.0289.